The fourth-order valence-corrected chi connectivity index (χ4v) is 2.28. The van der Waals surface area contributed by atoms with E-state index in [0.29, 0.717) is 5.56 Å². The number of nitrogens with one attached hydrogen (secondary N) is 1. The van der Waals surface area contributed by atoms with Crippen LogP contribution < -0.4 is 5.32 Å². The molecule has 1 amide bonds. The number of hydrogen-bond acceptors (Lipinski definition) is 2. The van der Waals surface area contributed by atoms with Gasteiger partial charge in [0.15, 0.2) is 0 Å². The number of aromatic carboxylic acids is 1. The van der Waals surface area contributed by atoms with Gasteiger partial charge in [0.1, 0.15) is 0 Å². The number of carbonyl (C=O) groups is 2. The molecule has 0 heterocycles. The molecule has 9 heteroatoms. The summed E-state index contributed by atoms with van der Waals surface area (Å²) in [5.74, 6) is -1.85. The summed E-state index contributed by atoms with van der Waals surface area (Å²) in [5, 5.41) is 11.8. The molecule has 2 aromatic carbocycles. The standard InChI is InChI=1S/C18H13ClF3NO3.Li.H/c1-10(8-11-2-4-12(5-3-11)18(20,21)22)16(24)23-15-7-6-13(19)9-14(15)17(25)26;;/h2-9H,1H3,(H,23,24)(H,25,26);;/b10-8+;;. The second kappa shape index (κ2) is 9.13. The number of carboxylic acids is 1. The first-order chi connectivity index (χ1) is 12.1. The van der Waals surface area contributed by atoms with Crippen molar-refractivity contribution in [1.29, 1.82) is 0 Å². The minimum atomic E-state index is -4.43. The number of halogens is 4. The van der Waals surface area contributed by atoms with E-state index in [4.69, 9.17) is 16.7 Å². The third-order valence-corrected chi connectivity index (χ3v) is 3.67. The van der Waals surface area contributed by atoms with Crippen LogP contribution in [0.3, 0.4) is 0 Å². The van der Waals surface area contributed by atoms with E-state index in [-0.39, 0.29) is 40.7 Å². The Morgan fingerprint density at radius 2 is 1.70 bits per heavy atom. The molecule has 0 saturated heterocycles. The molecule has 2 N–H and O–H groups in total. The van der Waals surface area contributed by atoms with Crippen molar-refractivity contribution in [2.24, 2.45) is 0 Å². The Kier molecular flexibility index (Phi) is 7.73. The second-order valence-corrected chi connectivity index (χ2v) is 5.83. The normalized spacial score (nSPS) is 11.5. The third-order valence-electron chi connectivity index (χ3n) is 3.44. The molecule has 0 aliphatic heterocycles. The van der Waals surface area contributed by atoms with E-state index in [1.807, 2.05) is 0 Å². The molecule has 0 aromatic heterocycles. The van der Waals surface area contributed by atoms with Gasteiger partial charge in [0.2, 0.25) is 0 Å². The van der Waals surface area contributed by atoms with Gasteiger partial charge < -0.3 is 10.4 Å². The van der Waals surface area contributed by atoms with Crippen LogP contribution in [0.25, 0.3) is 6.08 Å². The molecule has 138 valence electrons. The van der Waals surface area contributed by atoms with E-state index in [2.05, 4.69) is 5.32 Å². The van der Waals surface area contributed by atoms with Gasteiger partial charge in [-0.15, -0.1) is 0 Å². The fraction of sp³-hybridized carbons (Fsp3) is 0.111. The molecule has 0 aliphatic carbocycles. The number of rotatable bonds is 4. The van der Waals surface area contributed by atoms with Crippen molar-refractivity contribution in [1.82, 2.24) is 0 Å². The Morgan fingerprint density at radius 3 is 2.22 bits per heavy atom. The van der Waals surface area contributed by atoms with Crippen LogP contribution in [0.5, 0.6) is 0 Å². The number of benzene rings is 2. The SMILES string of the molecule is C/C(=C\c1ccc(C(F)(F)F)cc1)C(=O)Nc1ccc(Cl)cc1C(=O)O.[LiH]. The van der Waals surface area contributed by atoms with Crippen LogP contribution in [0.4, 0.5) is 18.9 Å². The van der Waals surface area contributed by atoms with Crippen LogP contribution in [-0.4, -0.2) is 35.8 Å². The van der Waals surface area contributed by atoms with Crippen LogP contribution in [0, 0.1) is 0 Å². The van der Waals surface area contributed by atoms with Gasteiger partial charge >= 0.3 is 31.0 Å². The van der Waals surface area contributed by atoms with Crippen molar-refractivity contribution in [3.05, 3.63) is 69.8 Å². The van der Waals surface area contributed by atoms with Gasteiger partial charge in [-0.1, -0.05) is 23.7 Å². The average molecular weight is 392 g/mol. The van der Waals surface area contributed by atoms with E-state index >= 15 is 0 Å². The van der Waals surface area contributed by atoms with Crippen molar-refractivity contribution < 1.29 is 27.9 Å². The Bertz CT molecular complexity index is 880. The van der Waals surface area contributed by atoms with E-state index < -0.39 is 23.6 Å². The maximum atomic E-state index is 12.5. The summed E-state index contributed by atoms with van der Waals surface area (Å²) in [4.78, 5) is 23.4. The van der Waals surface area contributed by atoms with Gasteiger partial charge in [-0.05, 0) is 48.9 Å². The monoisotopic (exact) mass is 391 g/mol. The Balaban J connectivity index is 0.00000364. The van der Waals surface area contributed by atoms with Crippen molar-refractivity contribution in [3.8, 4) is 0 Å². The topological polar surface area (TPSA) is 66.4 Å². The molecule has 2 rings (SSSR count). The zero-order valence-electron chi connectivity index (χ0n) is 13.4. The van der Waals surface area contributed by atoms with Crippen molar-refractivity contribution in [3.63, 3.8) is 0 Å². The molecule has 0 unspecified atom stereocenters. The third kappa shape index (κ3) is 6.17. The number of hydrogen-bond donors (Lipinski definition) is 2. The van der Waals surface area contributed by atoms with Gasteiger partial charge in [0, 0.05) is 10.6 Å². The van der Waals surface area contributed by atoms with Gasteiger partial charge in [-0.3, -0.25) is 4.79 Å². The maximum absolute atomic E-state index is 12.5. The fourth-order valence-electron chi connectivity index (χ4n) is 2.11. The number of carboxylic acid groups (broad SMARTS) is 1. The summed E-state index contributed by atoms with van der Waals surface area (Å²) < 4.78 is 37.6. The second-order valence-electron chi connectivity index (χ2n) is 5.40. The van der Waals surface area contributed by atoms with Crippen molar-refractivity contribution in [2.75, 3.05) is 5.32 Å². The summed E-state index contributed by atoms with van der Waals surface area (Å²) in [6.45, 7) is 1.46. The molecule has 27 heavy (non-hydrogen) atoms. The zero-order chi connectivity index (χ0) is 19.5. The number of anilines is 1. The number of amides is 1. The van der Waals surface area contributed by atoms with E-state index in [9.17, 15) is 22.8 Å². The molecule has 4 nitrogen and oxygen atoms in total. The molecule has 2 aromatic rings. The van der Waals surface area contributed by atoms with Gasteiger partial charge in [0.25, 0.3) is 5.91 Å². The molecule has 0 radical (unpaired) electrons. The average Bonchev–Trinajstić information content (AvgIpc) is 2.55. The molecular formula is C18H14ClF3LiNO3. The van der Waals surface area contributed by atoms with E-state index in [0.717, 1.165) is 12.1 Å². The molecule has 0 atom stereocenters. The van der Waals surface area contributed by atoms with Crippen LogP contribution >= 0.6 is 11.6 Å². The summed E-state index contributed by atoms with van der Waals surface area (Å²) in [7, 11) is 0. The Hall–Kier alpha value is -2.20. The van der Waals surface area contributed by atoms with Crippen LogP contribution in [0.15, 0.2) is 48.0 Å². The summed E-state index contributed by atoms with van der Waals surface area (Å²) >= 11 is 5.74. The summed E-state index contributed by atoms with van der Waals surface area (Å²) in [5.41, 5.74) is -0.305. The number of carbonyl (C=O) groups excluding carboxylic acids is 1. The molecular weight excluding hydrogens is 378 g/mol. The first-order valence-electron chi connectivity index (χ1n) is 7.27. The van der Waals surface area contributed by atoms with Crippen molar-refractivity contribution >= 4 is 54.1 Å². The first-order valence-corrected chi connectivity index (χ1v) is 7.65. The Labute approximate surface area is 170 Å². The predicted molar refractivity (Wildman–Crippen MR) is 99.3 cm³/mol. The van der Waals surface area contributed by atoms with Gasteiger partial charge in [0.05, 0.1) is 16.8 Å². The van der Waals surface area contributed by atoms with Crippen LogP contribution in [-0.2, 0) is 11.0 Å². The molecule has 0 aliphatic rings. The van der Waals surface area contributed by atoms with Gasteiger partial charge in [-0.25, -0.2) is 4.79 Å². The zero-order valence-corrected chi connectivity index (χ0v) is 14.2. The first kappa shape index (κ1) is 22.8. The molecule has 0 fully saturated rings. The summed E-state index contributed by atoms with van der Waals surface area (Å²) in [6, 6.07) is 8.30. The molecule has 0 saturated carbocycles. The van der Waals surface area contributed by atoms with E-state index in [1.54, 1.807) is 0 Å². The Morgan fingerprint density at radius 1 is 1.11 bits per heavy atom. The molecule has 0 bridgehead atoms. The van der Waals surface area contributed by atoms with Crippen molar-refractivity contribution in [2.45, 2.75) is 13.1 Å². The summed E-state index contributed by atoms with van der Waals surface area (Å²) in [6.07, 6.45) is -3.04. The minimum absolute atomic E-state index is 0. The van der Waals surface area contributed by atoms with E-state index in [1.165, 1.54) is 43.3 Å². The number of alkyl halides is 3. The van der Waals surface area contributed by atoms with Gasteiger partial charge in [-0.2, -0.15) is 13.2 Å². The van der Waals surface area contributed by atoms with Crippen LogP contribution in [0.2, 0.25) is 5.02 Å². The quantitative estimate of drug-likeness (QED) is 0.597. The van der Waals surface area contributed by atoms with Crippen LogP contribution in [0.1, 0.15) is 28.4 Å². The predicted octanol–water partition coefficient (Wildman–Crippen LogP) is 4.45. The molecule has 0 spiro atoms.